The van der Waals surface area contributed by atoms with Crippen LogP contribution in [0.5, 0.6) is 5.75 Å². The molecule has 0 bridgehead atoms. The van der Waals surface area contributed by atoms with E-state index in [0.29, 0.717) is 11.9 Å². The average Bonchev–Trinajstić information content (AvgIpc) is 2.78. The lowest BCUT2D eigenvalue weighted by Gasteiger charge is -2.30. The van der Waals surface area contributed by atoms with Gasteiger partial charge in [0.05, 0.1) is 13.7 Å². The number of hydrogen-bond donors (Lipinski definition) is 1. The van der Waals surface area contributed by atoms with Crippen molar-refractivity contribution in [2.24, 2.45) is 0 Å². The maximum absolute atomic E-state index is 14.4. The molecule has 3 aromatic carbocycles. The largest absolute Gasteiger partial charge is 0.497 e. The van der Waals surface area contributed by atoms with E-state index in [1.165, 1.54) is 0 Å². The number of nitrogens with zero attached hydrogens (tertiary/aromatic N) is 1. The summed E-state index contributed by atoms with van der Waals surface area (Å²) in [5.41, 5.74) is 2.79. The number of rotatable bonds is 9. The van der Waals surface area contributed by atoms with Gasteiger partial charge in [0.1, 0.15) is 11.5 Å². The fourth-order valence-electron chi connectivity index (χ4n) is 3.29. The molecule has 30 heavy (non-hydrogen) atoms. The molecular weight excluding hydrogens is 395 g/mol. The maximum Gasteiger partial charge on any atom is 0.258 e. The summed E-state index contributed by atoms with van der Waals surface area (Å²) in [6.45, 7) is 2.21. The fourth-order valence-corrected chi connectivity index (χ4v) is 5.72. The van der Waals surface area contributed by atoms with Crippen molar-refractivity contribution in [3.05, 3.63) is 84.4 Å². The van der Waals surface area contributed by atoms with Gasteiger partial charge in [-0.25, -0.2) is 0 Å². The predicted molar refractivity (Wildman–Crippen MR) is 125 cm³/mol. The maximum atomic E-state index is 14.4. The summed E-state index contributed by atoms with van der Waals surface area (Å²) in [4.78, 5) is 2.01. The van der Waals surface area contributed by atoms with Crippen molar-refractivity contribution in [1.82, 2.24) is 0 Å². The summed E-state index contributed by atoms with van der Waals surface area (Å²) in [6.07, 6.45) is 0. The van der Waals surface area contributed by atoms with Gasteiger partial charge in [-0.2, -0.15) is 0 Å². The summed E-state index contributed by atoms with van der Waals surface area (Å²) >= 11 is 0. The number of benzene rings is 3. The van der Waals surface area contributed by atoms with Crippen LogP contribution in [0.15, 0.2) is 78.9 Å². The highest BCUT2D eigenvalue weighted by molar-refractivity contribution is 7.67. The van der Waals surface area contributed by atoms with E-state index < -0.39 is 13.2 Å². The monoisotopic (exact) mass is 424 g/mol. The van der Waals surface area contributed by atoms with Gasteiger partial charge in [-0.15, -0.1) is 0 Å². The highest BCUT2D eigenvalue weighted by atomic mass is 31.2. The van der Waals surface area contributed by atoms with E-state index in [0.717, 1.165) is 22.7 Å². The molecule has 0 radical (unpaired) electrons. The first-order valence-corrected chi connectivity index (χ1v) is 11.6. The van der Waals surface area contributed by atoms with Crippen LogP contribution in [-0.4, -0.2) is 27.8 Å². The average molecular weight is 424 g/mol. The molecule has 0 amide bonds. The molecule has 0 heterocycles. The summed E-state index contributed by atoms with van der Waals surface area (Å²) in [6, 6.07) is 25.1. The number of anilines is 2. The smallest absolute Gasteiger partial charge is 0.258 e. The van der Waals surface area contributed by atoms with Gasteiger partial charge in [-0.1, -0.05) is 30.3 Å². The molecule has 3 rings (SSSR count). The molecule has 0 aliphatic carbocycles. The molecule has 5 nitrogen and oxygen atoms in total. The Morgan fingerprint density at radius 1 is 0.933 bits per heavy atom. The molecule has 0 fully saturated rings. The summed E-state index contributed by atoms with van der Waals surface area (Å²) in [5.74, 6) is 0.203. The second kappa shape index (κ2) is 9.84. The number of ether oxygens (including phenoxy) is 1. The predicted octanol–water partition coefficient (Wildman–Crippen LogP) is 5.51. The van der Waals surface area contributed by atoms with Gasteiger partial charge in [0, 0.05) is 30.8 Å². The first kappa shape index (κ1) is 21.9. The molecule has 1 N–H and O–H groups in total. The Hall–Kier alpha value is -2.75. The van der Waals surface area contributed by atoms with Crippen LogP contribution in [0, 0.1) is 0 Å². The van der Waals surface area contributed by atoms with Crippen LogP contribution >= 0.6 is 7.37 Å². The second-order valence-electron chi connectivity index (χ2n) is 7.11. The molecule has 0 unspecified atom stereocenters. The van der Waals surface area contributed by atoms with Crippen LogP contribution in [0.25, 0.3) is 0 Å². The first-order valence-electron chi connectivity index (χ1n) is 9.95. The minimum Gasteiger partial charge on any atom is -0.497 e. The molecule has 6 heteroatoms. The van der Waals surface area contributed by atoms with E-state index in [4.69, 9.17) is 9.26 Å². The second-order valence-corrected chi connectivity index (χ2v) is 9.60. The van der Waals surface area contributed by atoms with Gasteiger partial charge >= 0.3 is 0 Å². The van der Waals surface area contributed by atoms with E-state index in [-0.39, 0.29) is 0 Å². The Bertz CT molecular complexity index is 974. The first-order chi connectivity index (χ1) is 14.5. The minimum atomic E-state index is -3.31. The van der Waals surface area contributed by atoms with Crippen molar-refractivity contribution in [3.8, 4) is 5.75 Å². The zero-order valence-electron chi connectivity index (χ0n) is 17.9. The molecule has 0 aliphatic rings. The molecule has 0 aromatic heterocycles. The van der Waals surface area contributed by atoms with Crippen molar-refractivity contribution < 1.29 is 13.8 Å². The lowest BCUT2D eigenvalue weighted by molar-refractivity contribution is 0.335. The summed E-state index contributed by atoms with van der Waals surface area (Å²) in [7, 11) is 2.28. The highest BCUT2D eigenvalue weighted by Crippen LogP contribution is 2.59. The van der Waals surface area contributed by atoms with E-state index in [9.17, 15) is 4.57 Å². The van der Waals surface area contributed by atoms with Crippen molar-refractivity contribution in [2.45, 2.75) is 12.7 Å². The molecule has 0 aliphatic heterocycles. The lowest BCUT2D eigenvalue weighted by atomic mass is 10.2. The molecule has 0 saturated heterocycles. The van der Waals surface area contributed by atoms with Crippen molar-refractivity contribution in [3.63, 3.8) is 0 Å². The van der Waals surface area contributed by atoms with Gasteiger partial charge in [0.15, 0.2) is 0 Å². The molecular formula is C24H29N2O3P. The Morgan fingerprint density at radius 2 is 1.57 bits per heavy atom. The SMILES string of the molecule is CCO[P@](=O)(c1ccc(N(C)C)cc1)[C@@H](Nc1ccccc1)c1ccc(OC)cc1. The van der Waals surface area contributed by atoms with Crippen LogP contribution in [0.3, 0.4) is 0 Å². The number of para-hydroxylation sites is 1. The molecule has 2 atom stereocenters. The molecule has 3 aromatic rings. The van der Waals surface area contributed by atoms with Crippen LogP contribution in [0.2, 0.25) is 0 Å². The minimum absolute atomic E-state index is 0.343. The van der Waals surface area contributed by atoms with E-state index in [2.05, 4.69) is 5.32 Å². The number of methoxy groups -OCH3 is 1. The van der Waals surface area contributed by atoms with Crippen molar-refractivity contribution in [1.29, 1.82) is 0 Å². The Morgan fingerprint density at radius 3 is 2.10 bits per heavy atom. The van der Waals surface area contributed by atoms with Crippen LogP contribution in [-0.2, 0) is 9.09 Å². The van der Waals surface area contributed by atoms with Gasteiger partial charge < -0.3 is 19.5 Å². The van der Waals surface area contributed by atoms with E-state index >= 15 is 0 Å². The zero-order chi connectivity index (χ0) is 21.6. The van der Waals surface area contributed by atoms with E-state index in [1.807, 2.05) is 105 Å². The van der Waals surface area contributed by atoms with Gasteiger partial charge in [0.2, 0.25) is 0 Å². The number of hydrogen-bond acceptors (Lipinski definition) is 5. The summed E-state index contributed by atoms with van der Waals surface area (Å²) in [5, 5.41) is 4.13. The quantitative estimate of drug-likeness (QED) is 0.459. The van der Waals surface area contributed by atoms with Gasteiger partial charge in [0.25, 0.3) is 7.37 Å². The van der Waals surface area contributed by atoms with E-state index in [1.54, 1.807) is 7.11 Å². The Balaban J connectivity index is 2.09. The topological polar surface area (TPSA) is 50.8 Å². The zero-order valence-corrected chi connectivity index (χ0v) is 18.8. The van der Waals surface area contributed by atoms with Crippen LogP contribution < -0.4 is 20.3 Å². The Labute approximate surface area is 179 Å². The van der Waals surface area contributed by atoms with Crippen LogP contribution in [0.1, 0.15) is 18.3 Å². The molecule has 0 spiro atoms. The normalized spacial score (nSPS) is 13.9. The third kappa shape index (κ3) is 4.86. The van der Waals surface area contributed by atoms with Gasteiger partial charge in [-0.05, 0) is 61.0 Å². The highest BCUT2D eigenvalue weighted by Gasteiger charge is 2.37. The number of nitrogens with one attached hydrogen (secondary N) is 1. The third-order valence-corrected chi connectivity index (χ3v) is 7.66. The Kier molecular flexibility index (Phi) is 7.20. The standard InChI is InChI=1S/C24H29N2O3P/c1-5-29-30(27,23-17-13-21(14-18-23)26(2)3)24(25-20-9-7-6-8-10-20)19-11-15-22(28-4)16-12-19/h6-18,24-25H,5H2,1-4H3/t24-,30-/m1/s1. The lowest BCUT2D eigenvalue weighted by Crippen LogP contribution is -2.21. The molecule has 158 valence electrons. The van der Waals surface area contributed by atoms with Crippen molar-refractivity contribution >= 4 is 24.0 Å². The fraction of sp³-hybridized carbons (Fsp3) is 0.250. The van der Waals surface area contributed by atoms with Gasteiger partial charge in [-0.3, -0.25) is 4.57 Å². The van der Waals surface area contributed by atoms with Crippen molar-refractivity contribution in [2.75, 3.05) is 38.0 Å². The molecule has 0 saturated carbocycles. The summed E-state index contributed by atoms with van der Waals surface area (Å²) < 4.78 is 25.7. The van der Waals surface area contributed by atoms with Crippen LogP contribution in [0.4, 0.5) is 11.4 Å². The third-order valence-electron chi connectivity index (χ3n) is 4.90.